The van der Waals surface area contributed by atoms with Crippen LogP contribution >= 0.6 is 0 Å². The fourth-order valence-corrected chi connectivity index (χ4v) is 4.83. The van der Waals surface area contributed by atoms with E-state index < -0.39 is 0 Å². The van der Waals surface area contributed by atoms with Crippen molar-refractivity contribution in [2.45, 2.75) is 62.8 Å². The third-order valence-electron chi connectivity index (χ3n) is 6.53. The van der Waals surface area contributed by atoms with Gasteiger partial charge < -0.3 is 10.8 Å². The predicted octanol–water partition coefficient (Wildman–Crippen LogP) is 3.78. The zero-order chi connectivity index (χ0) is 18.0. The number of aromatic nitrogens is 1. The Morgan fingerprint density at radius 3 is 2.85 bits per heavy atom. The highest BCUT2D eigenvalue weighted by Gasteiger charge is 2.36. The lowest BCUT2D eigenvalue weighted by atomic mass is 9.79. The van der Waals surface area contributed by atoms with Gasteiger partial charge in [-0.2, -0.15) is 0 Å². The second-order valence-corrected chi connectivity index (χ2v) is 8.46. The van der Waals surface area contributed by atoms with Crippen LogP contribution in [0.5, 0.6) is 0 Å². The molecule has 3 atom stereocenters. The number of hydrogen-bond donors (Lipinski definition) is 2. The van der Waals surface area contributed by atoms with Gasteiger partial charge in [0, 0.05) is 17.4 Å². The van der Waals surface area contributed by atoms with Gasteiger partial charge in [-0.25, -0.2) is 0 Å². The number of aryl methyl sites for hydroxylation is 2. The van der Waals surface area contributed by atoms with Crippen molar-refractivity contribution in [2.24, 2.45) is 11.7 Å². The van der Waals surface area contributed by atoms with E-state index in [1.165, 1.54) is 48.1 Å². The smallest absolute Gasteiger partial charge is 0.0611 e. The van der Waals surface area contributed by atoms with Gasteiger partial charge in [0.1, 0.15) is 0 Å². The van der Waals surface area contributed by atoms with Crippen LogP contribution in [0.25, 0.3) is 0 Å². The third kappa shape index (κ3) is 3.84. The van der Waals surface area contributed by atoms with Crippen molar-refractivity contribution in [2.75, 3.05) is 6.61 Å². The molecule has 0 saturated heterocycles. The number of pyridine rings is 1. The van der Waals surface area contributed by atoms with E-state index in [1.54, 1.807) is 0 Å². The maximum absolute atomic E-state index is 9.51. The molecule has 4 rings (SSSR count). The van der Waals surface area contributed by atoms with E-state index >= 15 is 0 Å². The number of nitrogens with zero attached hydrogens (tertiary/aromatic N) is 1. The molecule has 2 aromatic rings. The van der Waals surface area contributed by atoms with Gasteiger partial charge >= 0.3 is 0 Å². The average molecular weight is 351 g/mol. The summed E-state index contributed by atoms with van der Waals surface area (Å²) >= 11 is 0. The molecule has 0 aliphatic heterocycles. The summed E-state index contributed by atoms with van der Waals surface area (Å²) in [5.74, 6) is 1.28. The molecule has 2 aliphatic rings. The van der Waals surface area contributed by atoms with E-state index in [9.17, 15) is 5.11 Å². The van der Waals surface area contributed by atoms with E-state index in [-0.39, 0.29) is 12.1 Å². The standard InChI is InChI=1S/C23H30N2O/c24-23(16-26)11-10-21(15-23)20-8-7-18-13-17(4-6-19(18)14-20)5-9-22-3-1-2-12-25-22/h1-3,7-8,12,14,17,21,26H,4-6,9-11,13,15-16,24H2/t17-,21+,23-/m1/s1. The topological polar surface area (TPSA) is 59.1 Å². The molecule has 1 fully saturated rings. The zero-order valence-corrected chi connectivity index (χ0v) is 15.5. The summed E-state index contributed by atoms with van der Waals surface area (Å²) in [7, 11) is 0. The highest BCUT2D eigenvalue weighted by Crippen LogP contribution is 2.40. The zero-order valence-electron chi connectivity index (χ0n) is 15.5. The van der Waals surface area contributed by atoms with Crippen molar-refractivity contribution >= 4 is 0 Å². The number of hydrogen-bond acceptors (Lipinski definition) is 3. The Labute approximate surface area is 156 Å². The number of benzene rings is 1. The Morgan fingerprint density at radius 2 is 2.08 bits per heavy atom. The van der Waals surface area contributed by atoms with Crippen molar-refractivity contribution in [3.05, 3.63) is 65.0 Å². The first-order valence-electron chi connectivity index (χ1n) is 10.1. The van der Waals surface area contributed by atoms with Crippen molar-refractivity contribution < 1.29 is 5.11 Å². The predicted molar refractivity (Wildman–Crippen MR) is 105 cm³/mol. The minimum Gasteiger partial charge on any atom is -0.394 e. The van der Waals surface area contributed by atoms with Gasteiger partial charge in [-0.15, -0.1) is 0 Å². The molecule has 3 heteroatoms. The number of rotatable bonds is 5. The largest absolute Gasteiger partial charge is 0.394 e. The summed E-state index contributed by atoms with van der Waals surface area (Å²) in [6, 6.07) is 13.3. The number of aliphatic hydroxyl groups is 1. The van der Waals surface area contributed by atoms with Crippen LogP contribution in [0.4, 0.5) is 0 Å². The molecule has 0 spiro atoms. The number of fused-ring (bicyclic) bond motifs is 1. The van der Waals surface area contributed by atoms with Gasteiger partial charge in [0.05, 0.1) is 6.61 Å². The fraction of sp³-hybridized carbons (Fsp3) is 0.522. The second kappa shape index (κ2) is 7.50. The molecule has 3 nitrogen and oxygen atoms in total. The van der Waals surface area contributed by atoms with Crippen molar-refractivity contribution in [3.63, 3.8) is 0 Å². The molecular formula is C23H30N2O. The van der Waals surface area contributed by atoms with E-state index in [2.05, 4.69) is 35.3 Å². The minimum atomic E-state index is -0.364. The molecule has 26 heavy (non-hydrogen) atoms. The molecule has 2 aliphatic carbocycles. The lowest BCUT2D eigenvalue weighted by molar-refractivity contribution is 0.198. The summed E-state index contributed by atoms with van der Waals surface area (Å²) in [5.41, 5.74) is 11.6. The van der Waals surface area contributed by atoms with Crippen LogP contribution in [0.2, 0.25) is 0 Å². The summed E-state index contributed by atoms with van der Waals surface area (Å²) in [5, 5.41) is 9.51. The SMILES string of the molecule is N[C@]1(CO)CC[C@H](c2ccc3c(c2)CC[C@H](CCc2ccccn2)C3)C1. The highest BCUT2D eigenvalue weighted by atomic mass is 16.3. The summed E-state index contributed by atoms with van der Waals surface area (Å²) in [4.78, 5) is 4.45. The van der Waals surface area contributed by atoms with Crippen molar-refractivity contribution in [3.8, 4) is 0 Å². The molecule has 1 saturated carbocycles. The Balaban J connectivity index is 1.38. The normalized spacial score (nSPS) is 28.1. The highest BCUT2D eigenvalue weighted by molar-refractivity contribution is 5.36. The van der Waals surface area contributed by atoms with Crippen LogP contribution in [-0.2, 0) is 19.3 Å². The first-order valence-corrected chi connectivity index (χ1v) is 10.1. The summed E-state index contributed by atoms with van der Waals surface area (Å²) in [6.45, 7) is 0.104. The van der Waals surface area contributed by atoms with Crippen LogP contribution in [0, 0.1) is 5.92 Å². The van der Waals surface area contributed by atoms with Crippen molar-refractivity contribution in [1.82, 2.24) is 4.98 Å². The van der Waals surface area contributed by atoms with E-state index in [4.69, 9.17) is 5.73 Å². The first kappa shape index (κ1) is 17.7. The van der Waals surface area contributed by atoms with Gasteiger partial charge in [-0.3, -0.25) is 4.98 Å². The maximum Gasteiger partial charge on any atom is 0.0611 e. The van der Waals surface area contributed by atoms with Gasteiger partial charge in [0.2, 0.25) is 0 Å². The molecule has 1 heterocycles. The Hall–Kier alpha value is -1.71. The fourth-order valence-electron chi connectivity index (χ4n) is 4.83. The van der Waals surface area contributed by atoms with Crippen LogP contribution in [0.15, 0.2) is 42.6 Å². The quantitative estimate of drug-likeness (QED) is 0.863. The van der Waals surface area contributed by atoms with Gasteiger partial charge in [0.15, 0.2) is 0 Å². The molecule has 0 bridgehead atoms. The van der Waals surface area contributed by atoms with Crippen LogP contribution in [-0.4, -0.2) is 22.2 Å². The molecule has 0 radical (unpaired) electrons. The van der Waals surface area contributed by atoms with Gasteiger partial charge in [0.25, 0.3) is 0 Å². The summed E-state index contributed by atoms with van der Waals surface area (Å²) in [6.07, 6.45) is 10.8. The van der Waals surface area contributed by atoms with Crippen LogP contribution < -0.4 is 5.73 Å². The van der Waals surface area contributed by atoms with Crippen LogP contribution in [0.3, 0.4) is 0 Å². The lowest BCUT2D eigenvalue weighted by Gasteiger charge is -2.26. The third-order valence-corrected chi connectivity index (χ3v) is 6.53. The second-order valence-electron chi connectivity index (χ2n) is 8.46. The Kier molecular flexibility index (Phi) is 5.10. The Bertz CT molecular complexity index is 745. The minimum absolute atomic E-state index is 0.104. The maximum atomic E-state index is 9.51. The van der Waals surface area contributed by atoms with Crippen molar-refractivity contribution in [1.29, 1.82) is 0 Å². The first-order chi connectivity index (χ1) is 12.6. The number of nitrogens with two attached hydrogens (primary N) is 1. The molecule has 1 aromatic heterocycles. The molecule has 0 unspecified atom stereocenters. The molecular weight excluding hydrogens is 320 g/mol. The Morgan fingerprint density at radius 1 is 1.15 bits per heavy atom. The van der Waals surface area contributed by atoms with E-state index in [1.807, 2.05) is 12.3 Å². The summed E-state index contributed by atoms with van der Waals surface area (Å²) < 4.78 is 0. The average Bonchev–Trinajstić information content (AvgIpc) is 3.09. The monoisotopic (exact) mass is 350 g/mol. The molecule has 0 amide bonds. The van der Waals surface area contributed by atoms with E-state index in [0.29, 0.717) is 5.92 Å². The van der Waals surface area contributed by atoms with Gasteiger partial charge in [-0.05, 0) is 92.0 Å². The molecule has 3 N–H and O–H groups in total. The van der Waals surface area contributed by atoms with E-state index in [0.717, 1.165) is 31.6 Å². The number of aliphatic hydroxyl groups excluding tert-OH is 1. The van der Waals surface area contributed by atoms with Gasteiger partial charge in [-0.1, -0.05) is 24.3 Å². The lowest BCUT2D eigenvalue weighted by Crippen LogP contribution is -2.40. The molecule has 138 valence electrons. The van der Waals surface area contributed by atoms with Crippen LogP contribution in [0.1, 0.15) is 60.4 Å². The molecule has 1 aromatic carbocycles.